The molecule has 0 spiro atoms. The lowest BCUT2D eigenvalue weighted by Crippen LogP contribution is -2.26. The van der Waals surface area contributed by atoms with Gasteiger partial charge in [-0.3, -0.25) is 0 Å². The molecule has 0 amide bonds. The molecule has 2 aliphatic carbocycles. The van der Waals surface area contributed by atoms with Gasteiger partial charge in [-0.25, -0.2) is 0 Å². The molecule has 0 N–H and O–H groups in total. The van der Waals surface area contributed by atoms with Crippen molar-refractivity contribution in [1.82, 2.24) is 0 Å². The van der Waals surface area contributed by atoms with Crippen LogP contribution < -0.4 is 0 Å². The van der Waals surface area contributed by atoms with Crippen molar-refractivity contribution in [2.45, 2.75) is 103 Å². The summed E-state index contributed by atoms with van der Waals surface area (Å²) in [5.41, 5.74) is 0. The molecule has 2 fully saturated rings. The maximum Gasteiger partial charge on any atom is 0.389 e. The molecular weight excluding hydrogens is 297 g/mol. The molecule has 2 saturated carbocycles. The molecule has 0 atom stereocenters. The molecule has 0 saturated heterocycles. The van der Waals surface area contributed by atoms with Crippen LogP contribution in [0.25, 0.3) is 0 Å². The highest BCUT2D eigenvalue weighted by atomic mass is 19.4. The van der Waals surface area contributed by atoms with E-state index in [4.69, 9.17) is 0 Å². The molecule has 0 aromatic rings. The zero-order chi connectivity index (χ0) is 16.7. The molecule has 0 aromatic heterocycles. The van der Waals surface area contributed by atoms with E-state index in [0.717, 1.165) is 30.6 Å². The lowest BCUT2D eigenvalue weighted by Gasteiger charge is -2.38. The molecule has 0 nitrogen and oxygen atoms in total. The SMILES string of the molecule is CCCCC[C@H]1CC[C@H]([C@H]2CC[C@H](CCC(F)(F)F)CC2)CC1. The maximum atomic E-state index is 12.3. The van der Waals surface area contributed by atoms with Gasteiger partial charge < -0.3 is 0 Å². The van der Waals surface area contributed by atoms with Crippen LogP contribution in [0.1, 0.15) is 96.8 Å². The Morgan fingerprint density at radius 2 is 1.17 bits per heavy atom. The second kappa shape index (κ2) is 9.32. The molecule has 0 bridgehead atoms. The van der Waals surface area contributed by atoms with E-state index in [0.29, 0.717) is 12.3 Å². The van der Waals surface area contributed by atoms with Crippen LogP contribution in [0.2, 0.25) is 0 Å². The average Bonchev–Trinajstić information content (AvgIpc) is 2.54. The summed E-state index contributed by atoms with van der Waals surface area (Å²) in [6.45, 7) is 2.27. The van der Waals surface area contributed by atoms with Crippen LogP contribution in [0.15, 0.2) is 0 Å². The first-order valence-electron chi connectivity index (χ1n) is 10.0. The smallest absolute Gasteiger partial charge is 0.171 e. The van der Waals surface area contributed by atoms with Gasteiger partial charge in [0, 0.05) is 6.42 Å². The summed E-state index contributed by atoms with van der Waals surface area (Å²) >= 11 is 0. The van der Waals surface area contributed by atoms with E-state index < -0.39 is 12.6 Å². The van der Waals surface area contributed by atoms with Gasteiger partial charge in [-0.15, -0.1) is 0 Å². The second-order valence-electron chi connectivity index (χ2n) is 8.21. The van der Waals surface area contributed by atoms with Gasteiger partial charge in [0.1, 0.15) is 0 Å². The van der Waals surface area contributed by atoms with E-state index >= 15 is 0 Å². The van der Waals surface area contributed by atoms with Crippen molar-refractivity contribution >= 4 is 0 Å². The third kappa shape index (κ3) is 7.05. The van der Waals surface area contributed by atoms with Gasteiger partial charge in [0.2, 0.25) is 0 Å². The van der Waals surface area contributed by atoms with Crippen LogP contribution in [0, 0.1) is 23.7 Å². The van der Waals surface area contributed by atoms with E-state index in [1.165, 1.54) is 64.2 Å². The highest BCUT2D eigenvalue weighted by Gasteiger charge is 2.33. The Morgan fingerprint density at radius 1 is 0.696 bits per heavy atom. The monoisotopic (exact) mass is 332 g/mol. The average molecular weight is 332 g/mol. The summed E-state index contributed by atoms with van der Waals surface area (Å²) in [5, 5.41) is 0. The summed E-state index contributed by atoms with van der Waals surface area (Å²) in [6, 6.07) is 0. The fourth-order valence-electron chi connectivity index (χ4n) is 4.95. The molecule has 2 aliphatic rings. The van der Waals surface area contributed by atoms with Crippen molar-refractivity contribution in [3.63, 3.8) is 0 Å². The lowest BCUT2D eigenvalue weighted by molar-refractivity contribution is -0.138. The van der Waals surface area contributed by atoms with Crippen molar-refractivity contribution < 1.29 is 13.2 Å². The van der Waals surface area contributed by atoms with Crippen molar-refractivity contribution in [2.24, 2.45) is 23.7 Å². The first-order chi connectivity index (χ1) is 11.0. The molecule has 0 aliphatic heterocycles. The van der Waals surface area contributed by atoms with Crippen molar-refractivity contribution in [3.05, 3.63) is 0 Å². The normalized spacial score (nSPS) is 32.9. The van der Waals surface area contributed by atoms with Gasteiger partial charge in [0.05, 0.1) is 0 Å². The number of hydrogen-bond donors (Lipinski definition) is 0. The topological polar surface area (TPSA) is 0 Å². The largest absolute Gasteiger partial charge is 0.389 e. The fraction of sp³-hybridized carbons (Fsp3) is 1.00. The first-order valence-corrected chi connectivity index (χ1v) is 10.0. The van der Waals surface area contributed by atoms with Crippen LogP contribution in [0.5, 0.6) is 0 Å². The molecular formula is C20H35F3. The van der Waals surface area contributed by atoms with Crippen molar-refractivity contribution in [2.75, 3.05) is 0 Å². The Balaban J connectivity index is 1.61. The zero-order valence-corrected chi connectivity index (χ0v) is 14.8. The summed E-state index contributed by atoms with van der Waals surface area (Å²) in [7, 11) is 0. The number of halogens is 3. The molecule has 0 radical (unpaired) electrons. The third-order valence-corrected chi connectivity index (χ3v) is 6.50. The molecule has 0 aromatic carbocycles. The van der Waals surface area contributed by atoms with Gasteiger partial charge >= 0.3 is 6.18 Å². The van der Waals surface area contributed by atoms with E-state index in [2.05, 4.69) is 6.92 Å². The predicted molar refractivity (Wildman–Crippen MR) is 90.3 cm³/mol. The highest BCUT2D eigenvalue weighted by Crippen LogP contribution is 2.43. The number of alkyl halides is 3. The maximum absolute atomic E-state index is 12.3. The fourth-order valence-corrected chi connectivity index (χ4v) is 4.95. The highest BCUT2D eigenvalue weighted by molar-refractivity contribution is 4.82. The Labute approximate surface area is 140 Å². The first kappa shape index (κ1) is 19.1. The van der Waals surface area contributed by atoms with Crippen LogP contribution in [-0.2, 0) is 0 Å². The standard InChI is InChI=1S/C20H35F3/c1-2-3-4-5-16-6-10-18(11-7-16)19-12-8-17(9-13-19)14-15-20(21,22)23/h16-19H,2-15H2,1H3/t16-,17-,18-,19-. The van der Waals surface area contributed by atoms with E-state index in [1.807, 2.05) is 0 Å². The van der Waals surface area contributed by atoms with E-state index in [9.17, 15) is 13.2 Å². The summed E-state index contributed by atoms with van der Waals surface area (Å²) in [6.07, 6.45) is 11.4. The molecule has 23 heavy (non-hydrogen) atoms. The summed E-state index contributed by atoms with van der Waals surface area (Å²) in [5.74, 6) is 2.98. The Kier molecular flexibility index (Phi) is 7.75. The summed E-state index contributed by atoms with van der Waals surface area (Å²) < 4.78 is 37.0. The van der Waals surface area contributed by atoms with Crippen LogP contribution >= 0.6 is 0 Å². The minimum atomic E-state index is -3.97. The van der Waals surface area contributed by atoms with Crippen molar-refractivity contribution in [3.8, 4) is 0 Å². The summed E-state index contributed by atoms with van der Waals surface area (Å²) in [4.78, 5) is 0. The van der Waals surface area contributed by atoms with Crippen LogP contribution in [-0.4, -0.2) is 6.18 Å². The Morgan fingerprint density at radius 3 is 1.61 bits per heavy atom. The number of rotatable bonds is 7. The van der Waals surface area contributed by atoms with Crippen LogP contribution in [0.4, 0.5) is 13.2 Å². The number of hydrogen-bond acceptors (Lipinski definition) is 0. The number of unbranched alkanes of at least 4 members (excludes halogenated alkanes) is 2. The van der Waals surface area contributed by atoms with Gasteiger partial charge in [0.25, 0.3) is 0 Å². The minimum absolute atomic E-state index is 0.332. The zero-order valence-electron chi connectivity index (χ0n) is 14.8. The van der Waals surface area contributed by atoms with Crippen molar-refractivity contribution in [1.29, 1.82) is 0 Å². The third-order valence-electron chi connectivity index (χ3n) is 6.50. The van der Waals surface area contributed by atoms with Gasteiger partial charge in [-0.2, -0.15) is 13.2 Å². The quantitative estimate of drug-likeness (QED) is 0.423. The Bertz CT molecular complexity index is 307. The molecule has 0 heterocycles. The van der Waals surface area contributed by atoms with E-state index in [-0.39, 0.29) is 0 Å². The van der Waals surface area contributed by atoms with E-state index in [1.54, 1.807) is 0 Å². The van der Waals surface area contributed by atoms with Gasteiger partial charge in [0.15, 0.2) is 0 Å². The second-order valence-corrected chi connectivity index (χ2v) is 8.21. The molecule has 136 valence electrons. The molecule has 2 rings (SSSR count). The predicted octanol–water partition coefficient (Wildman–Crippen LogP) is 7.52. The Hall–Kier alpha value is -0.210. The van der Waals surface area contributed by atoms with Crippen LogP contribution in [0.3, 0.4) is 0 Å². The molecule has 3 heteroatoms. The lowest BCUT2D eigenvalue weighted by atomic mass is 9.68. The molecule has 0 unspecified atom stereocenters. The van der Waals surface area contributed by atoms with Gasteiger partial charge in [-0.05, 0) is 55.8 Å². The van der Waals surface area contributed by atoms with Gasteiger partial charge in [-0.1, -0.05) is 58.3 Å². The minimum Gasteiger partial charge on any atom is -0.171 e.